The lowest BCUT2D eigenvalue weighted by molar-refractivity contribution is -0.131. The second kappa shape index (κ2) is 7.76. The van der Waals surface area contributed by atoms with E-state index in [0.717, 1.165) is 72.1 Å². The highest BCUT2D eigenvalue weighted by atomic mass is 19.1. The summed E-state index contributed by atoms with van der Waals surface area (Å²) in [6.45, 7) is 1.49. The Hall–Kier alpha value is -3.15. The van der Waals surface area contributed by atoms with Crippen LogP contribution >= 0.6 is 0 Å². The molecule has 1 aliphatic heterocycles. The number of fused-ring (bicyclic) bond motifs is 2. The zero-order chi connectivity index (χ0) is 21.7. The van der Waals surface area contributed by atoms with Crippen LogP contribution in [-0.2, 0) is 11.2 Å². The van der Waals surface area contributed by atoms with Crippen LogP contribution in [0.1, 0.15) is 55.5 Å². The highest BCUT2D eigenvalue weighted by molar-refractivity contribution is 5.89. The number of hydrogen-bond donors (Lipinski definition) is 1. The van der Waals surface area contributed by atoms with Gasteiger partial charge in [-0.25, -0.2) is 9.37 Å². The number of carbonyl (C=O) groups is 1. The molecule has 32 heavy (non-hydrogen) atoms. The summed E-state index contributed by atoms with van der Waals surface area (Å²) in [5.74, 6) is 1.54. The van der Waals surface area contributed by atoms with Gasteiger partial charge in [-0.3, -0.25) is 4.79 Å². The Kier molecular flexibility index (Phi) is 4.74. The first kappa shape index (κ1) is 19.5. The number of likely N-dealkylation sites (tertiary alicyclic amines) is 1. The van der Waals surface area contributed by atoms with Crippen molar-refractivity contribution in [1.82, 2.24) is 19.4 Å². The van der Waals surface area contributed by atoms with Crippen LogP contribution in [-0.4, -0.2) is 38.4 Å². The summed E-state index contributed by atoms with van der Waals surface area (Å²) in [6, 6.07) is 13.4. The molecule has 1 amide bonds. The Morgan fingerprint density at radius 1 is 1.09 bits per heavy atom. The van der Waals surface area contributed by atoms with Gasteiger partial charge in [-0.1, -0.05) is 24.6 Å². The lowest BCUT2D eigenvalue weighted by Gasteiger charge is -2.35. The van der Waals surface area contributed by atoms with Crippen LogP contribution in [0.4, 0.5) is 4.39 Å². The molecule has 3 heterocycles. The van der Waals surface area contributed by atoms with E-state index in [-0.39, 0.29) is 11.7 Å². The monoisotopic (exact) mass is 430 g/mol. The molecule has 1 saturated heterocycles. The summed E-state index contributed by atoms with van der Waals surface area (Å²) in [5.41, 5.74) is 3.91. The van der Waals surface area contributed by atoms with Gasteiger partial charge < -0.3 is 14.5 Å². The van der Waals surface area contributed by atoms with E-state index in [1.807, 2.05) is 35.4 Å². The Morgan fingerprint density at radius 2 is 1.91 bits per heavy atom. The molecule has 6 rings (SSSR count). The molecule has 1 saturated carbocycles. The van der Waals surface area contributed by atoms with Crippen molar-refractivity contribution in [3.05, 3.63) is 65.9 Å². The van der Waals surface area contributed by atoms with Crippen molar-refractivity contribution in [3.63, 3.8) is 0 Å². The topological polar surface area (TPSA) is 53.9 Å². The summed E-state index contributed by atoms with van der Waals surface area (Å²) in [4.78, 5) is 23.1. The van der Waals surface area contributed by atoms with Crippen LogP contribution in [0.2, 0.25) is 0 Å². The second-order valence-electron chi connectivity index (χ2n) is 9.25. The van der Waals surface area contributed by atoms with E-state index < -0.39 is 0 Å². The molecule has 2 fully saturated rings. The second-order valence-corrected chi connectivity index (χ2v) is 9.25. The summed E-state index contributed by atoms with van der Waals surface area (Å²) < 4.78 is 16.2. The van der Waals surface area contributed by atoms with E-state index in [9.17, 15) is 9.18 Å². The van der Waals surface area contributed by atoms with Gasteiger partial charge in [0.15, 0.2) is 0 Å². The molecule has 2 aromatic heterocycles. The van der Waals surface area contributed by atoms with E-state index in [4.69, 9.17) is 4.98 Å². The highest BCUT2D eigenvalue weighted by Crippen LogP contribution is 2.40. The normalized spacial score (nSPS) is 17.8. The maximum Gasteiger partial charge on any atom is 0.227 e. The third kappa shape index (κ3) is 3.29. The zero-order valence-electron chi connectivity index (χ0n) is 18.1. The van der Waals surface area contributed by atoms with E-state index in [1.54, 1.807) is 6.07 Å². The fraction of sp³-hybridized carbons (Fsp3) is 0.385. The Morgan fingerprint density at radius 3 is 2.69 bits per heavy atom. The maximum absolute atomic E-state index is 13.8. The van der Waals surface area contributed by atoms with Gasteiger partial charge in [0.25, 0.3) is 0 Å². The number of amides is 1. The predicted octanol–water partition coefficient (Wildman–Crippen LogP) is 5.33. The quantitative estimate of drug-likeness (QED) is 0.476. The van der Waals surface area contributed by atoms with Crippen molar-refractivity contribution >= 4 is 27.8 Å². The molecule has 0 bridgehead atoms. The average molecular weight is 431 g/mol. The van der Waals surface area contributed by atoms with Gasteiger partial charge in [0.2, 0.25) is 5.91 Å². The van der Waals surface area contributed by atoms with Crippen molar-refractivity contribution in [2.24, 2.45) is 0 Å². The zero-order valence-corrected chi connectivity index (χ0v) is 18.1. The largest absolute Gasteiger partial charge is 0.361 e. The molecule has 2 aromatic carbocycles. The fourth-order valence-electron chi connectivity index (χ4n) is 5.35. The number of aromatic amines is 1. The van der Waals surface area contributed by atoms with Gasteiger partial charge in [0.1, 0.15) is 11.6 Å². The first-order valence-corrected chi connectivity index (χ1v) is 11.7. The van der Waals surface area contributed by atoms with E-state index >= 15 is 0 Å². The first-order valence-electron chi connectivity index (χ1n) is 11.7. The summed E-state index contributed by atoms with van der Waals surface area (Å²) in [7, 11) is 0. The number of halogens is 1. The van der Waals surface area contributed by atoms with Crippen molar-refractivity contribution in [2.75, 3.05) is 13.1 Å². The number of para-hydroxylation sites is 1. The number of piperidine rings is 1. The molecule has 0 spiro atoms. The number of H-pyrrole nitrogens is 1. The fourth-order valence-corrected chi connectivity index (χ4v) is 5.35. The van der Waals surface area contributed by atoms with Crippen LogP contribution in [0, 0.1) is 5.82 Å². The maximum atomic E-state index is 13.8. The van der Waals surface area contributed by atoms with E-state index in [0.29, 0.717) is 18.4 Å². The first-order chi connectivity index (χ1) is 15.7. The predicted molar refractivity (Wildman–Crippen MR) is 123 cm³/mol. The Bertz CT molecular complexity index is 1290. The van der Waals surface area contributed by atoms with Gasteiger partial charge in [-0.15, -0.1) is 0 Å². The molecule has 6 heteroatoms. The molecule has 5 nitrogen and oxygen atoms in total. The minimum absolute atomic E-state index is 0.185. The molecular formula is C26H27FN4O. The number of hydrogen-bond acceptors (Lipinski definition) is 2. The average Bonchev–Trinajstić information content (AvgIpc) is 3.34. The lowest BCUT2D eigenvalue weighted by atomic mass is 9.84. The molecule has 4 aromatic rings. The van der Waals surface area contributed by atoms with Crippen LogP contribution in [0.25, 0.3) is 21.9 Å². The summed E-state index contributed by atoms with van der Waals surface area (Å²) in [5, 5.41) is 1.12. The van der Waals surface area contributed by atoms with Crippen LogP contribution in [0.15, 0.2) is 48.7 Å². The molecule has 0 radical (unpaired) electrons. The summed E-state index contributed by atoms with van der Waals surface area (Å²) in [6.07, 6.45) is 7.75. The molecule has 2 aliphatic rings. The lowest BCUT2D eigenvalue weighted by Crippen LogP contribution is -2.40. The van der Waals surface area contributed by atoms with Gasteiger partial charge in [-0.05, 0) is 49.4 Å². The van der Waals surface area contributed by atoms with Gasteiger partial charge in [-0.2, -0.15) is 0 Å². The third-order valence-corrected chi connectivity index (χ3v) is 7.35. The number of rotatable bonds is 4. The van der Waals surface area contributed by atoms with E-state index in [2.05, 4.69) is 15.6 Å². The van der Waals surface area contributed by atoms with E-state index in [1.165, 1.54) is 12.5 Å². The van der Waals surface area contributed by atoms with Crippen LogP contribution < -0.4 is 0 Å². The number of carbonyl (C=O) groups excluding carboxylic acids is 1. The Labute approximate surface area is 186 Å². The molecule has 0 atom stereocenters. The van der Waals surface area contributed by atoms with Crippen molar-refractivity contribution in [3.8, 4) is 0 Å². The number of nitrogens with zero attached hydrogens (tertiary/aromatic N) is 3. The van der Waals surface area contributed by atoms with Gasteiger partial charge in [0.05, 0.1) is 17.5 Å². The van der Waals surface area contributed by atoms with Gasteiger partial charge >= 0.3 is 0 Å². The number of benzene rings is 2. The molecule has 1 aliphatic carbocycles. The summed E-state index contributed by atoms with van der Waals surface area (Å²) >= 11 is 0. The minimum Gasteiger partial charge on any atom is -0.361 e. The SMILES string of the molecule is O=C(Cc1c[nH]c2ccccc12)N1CCC(n2c(C3CCC3)nc3cc(F)ccc32)CC1. The molecular weight excluding hydrogens is 403 g/mol. The minimum atomic E-state index is -0.236. The standard InChI is InChI=1S/C26H27FN4O/c27-19-8-9-24-23(15-19)29-26(17-4-3-5-17)31(24)20-10-12-30(13-11-20)25(32)14-18-16-28-22-7-2-1-6-21(18)22/h1-2,6-9,15-17,20,28H,3-5,10-14H2. The molecule has 1 N–H and O–H groups in total. The smallest absolute Gasteiger partial charge is 0.227 e. The molecule has 0 unspecified atom stereocenters. The van der Waals surface area contributed by atoms with Crippen molar-refractivity contribution in [1.29, 1.82) is 0 Å². The number of aromatic nitrogens is 3. The molecule has 164 valence electrons. The van der Waals surface area contributed by atoms with Crippen LogP contribution in [0.5, 0.6) is 0 Å². The van der Waals surface area contributed by atoms with Crippen molar-refractivity contribution in [2.45, 2.75) is 50.5 Å². The van der Waals surface area contributed by atoms with Crippen molar-refractivity contribution < 1.29 is 9.18 Å². The number of nitrogens with one attached hydrogen (secondary N) is 1. The number of imidazole rings is 1. The highest BCUT2D eigenvalue weighted by Gasteiger charge is 2.31. The third-order valence-electron chi connectivity index (χ3n) is 7.35. The van der Waals surface area contributed by atoms with Crippen LogP contribution in [0.3, 0.4) is 0 Å². The Balaban J connectivity index is 1.20. The van der Waals surface area contributed by atoms with Gasteiger partial charge in [0, 0.05) is 48.2 Å².